The number of nitrogens with zero attached hydrogens (tertiary/aromatic N) is 1. The molecular weight excluding hydrogens is 276 g/mol. The lowest BCUT2D eigenvalue weighted by Crippen LogP contribution is -2.39. The molecule has 6 nitrogen and oxygen atoms in total. The van der Waals surface area contributed by atoms with Crippen molar-refractivity contribution in [3.63, 3.8) is 0 Å². The van der Waals surface area contributed by atoms with E-state index in [1.54, 1.807) is 0 Å². The van der Waals surface area contributed by atoms with Crippen LogP contribution in [0.3, 0.4) is 0 Å². The second-order valence-corrected chi connectivity index (χ2v) is 8.31. The molecule has 1 amide bonds. The predicted octanol–water partition coefficient (Wildman–Crippen LogP) is 1.81. The fourth-order valence-corrected chi connectivity index (χ4v) is 4.18. The average molecular weight is 306 g/mol. The monoisotopic (exact) mass is 306 g/mol. The number of carbonyl (C=O) groups excluding carboxylic acids is 1. The summed E-state index contributed by atoms with van der Waals surface area (Å²) in [5.74, 6) is 0. The van der Waals surface area contributed by atoms with Gasteiger partial charge in [-0.2, -0.15) is 0 Å². The van der Waals surface area contributed by atoms with Gasteiger partial charge in [0.2, 0.25) is 0 Å². The molecule has 0 bridgehead atoms. The maximum absolute atomic E-state index is 11.4. The Kier molecular flexibility index (Phi) is 10.7. The summed E-state index contributed by atoms with van der Waals surface area (Å²) in [6.45, 7) is 9.08. The molecule has 0 radical (unpaired) electrons. The van der Waals surface area contributed by atoms with Crippen LogP contribution in [0.4, 0.5) is 4.79 Å². The molecule has 0 saturated heterocycles. The first-order valence-electron chi connectivity index (χ1n) is 7.26. The average Bonchev–Trinajstić information content (AvgIpc) is 2.35. The molecule has 0 heterocycles. The highest BCUT2D eigenvalue weighted by atomic mass is 28.4. The van der Waals surface area contributed by atoms with Gasteiger partial charge in [0, 0.05) is 26.3 Å². The Morgan fingerprint density at radius 2 is 1.80 bits per heavy atom. The molecule has 0 aliphatic heterocycles. The number of likely N-dealkylation sites (N-methyl/N-ethyl adjacent to an activating group) is 1. The maximum Gasteiger partial charge on any atom is 0.407 e. The van der Waals surface area contributed by atoms with Crippen molar-refractivity contribution in [2.75, 3.05) is 47.0 Å². The predicted molar refractivity (Wildman–Crippen MR) is 82.2 cm³/mol. The van der Waals surface area contributed by atoms with Crippen LogP contribution >= 0.6 is 0 Å². The Morgan fingerprint density at radius 1 is 1.20 bits per heavy atom. The minimum atomic E-state index is -2.06. The number of carbonyl (C=O) groups is 1. The van der Waals surface area contributed by atoms with Gasteiger partial charge >= 0.3 is 14.7 Å². The fourth-order valence-electron chi connectivity index (χ4n) is 1.77. The molecule has 0 aromatic heterocycles. The Bertz CT molecular complexity index is 259. The lowest BCUT2D eigenvalue weighted by molar-refractivity contribution is 0.136. The Labute approximate surface area is 124 Å². The molecule has 20 heavy (non-hydrogen) atoms. The summed E-state index contributed by atoms with van der Waals surface area (Å²) in [6.07, 6.45) is 0.480. The largest absolute Gasteiger partial charge is 0.448 e. The van der Waals surface area contributed by atoms with Crippen LogP contribution in [0.1, 0.15) is 20.3 Å². The van der Waals surface area contributed by atoms with Gasteiger partial charge in [0.15, 0.2) is 0 Å². The SMILES string of the molecule is CCO[Si](C)(CCCNC(=O)OCCN(C)C)OCC. The molecular formula is C13H30N2O4Si. The van der Waals surface area contributed by atoms with E-state index in [1.807, 2.05) is 32.8 Å². The minimum Gasteiger partial charge on any atom is -0.448 e. The van der Waals surface area contributed by atoms with Gasteiger partial charge in [-0.15, -0.1) is 0 Å². The van der Waals surface area contributed by atoms with E-state index in [-0.39, 0.29) is 6.09 Å². The fraction of sp³-hybridized carbons (Fsp3) is 0.923. The molecule has 0 unspecified atom stereocenters. The van der Waals surface area contributed by atoms with Crippen LogP contribution < -0.4 is 5.32 Å². The molecule has 0 aliphatic rings. The van der Waals surface area contributed by atoms with E-state index in [2.05, 4.69) is 11.9 Å². The summed E-state index contributed by atoms with van der Waals surface area (Å²) >= 11 is 0. The second-order valence-electron chi connectivity index (χ2n) is 4.97. The molecule has 0 saturated carbocycles. The first-order chi connectivity index (χ1) is 9.43. The molecule has 1 N–H and O–H groups in total. The number of hydrogen-bond donors (Lipinski definition) is 1. The molecule has 0 aromatic carbocycles. The molecule has 7 heteroatoms. The minimum absolute atomic E-state index is 0.358. The third-order valence-corrected chi connectivity index (χ3v) is 5.81. The van der Waals surface area contributed by atoms with Gasteiger partial charge in [0.25, 0.3) is 0 Å². The van der Waals surface area contributed by atoms with Crippen LogP contribution in [0, 0.1) is 0 Å². The van der Waals surface area contributed by atoms with Gasteiger partial charge < -0.3 is 23.8 Å². The Balaban J connectivity index is 3.74. The lowest BCUT2D eigenvalue weighted by Gasteiger charge is -2.25. The van der Waals surface area contributed by atoms with Gasteiger partial charge in [-0.05, 0) is 47.0 Å². The molecule has 0 aliphatic carbocycles. The molecule has 0 fully saturated rings. The molecule has 120 valence electrons. The smallest absolute Gasteiger partial charge is 0.407 e. The van der Waals surface area contributed by atoms with Crippen molar-refractivity contribution in [3.05, 3.63) is 0 Å². The van der Waals surface area contributed by atoms with Crippen LogP contribution in [0.2, 0.25) is 12.6 Å². The molecule has 0 rings (SSSR count). The number of ether oxygens (including phenoxy) is 1. The van der Waals surface area contributed by atoms with Crippen LogP contribution in [-0.4, -0.2) is 66.6 Å². The first kappa shape index (κ1) is 19.4. The number of nitrogens with one attached hydrogen (secondary N) is 1. The van der Waals surface area contributed by atoms with Crippen molar-refractivity contribution < 1.29 is 18.4 Å². The van der Waals surface area contributed by atoms with Crippen molar-refractivity contribution in [3.8, 4) is 0 Å². The van der Waals surface area contributed by atoms with Crippen molar-refractivity contribution in [1.29, 1.82) is 0 Å². The van der Waals surface area contributed by atoms with Crippen LogP contribution in [0.5, 0.6) is 0 Å². The highest BCUT2D eigenvalue weighted by Gasteiger charge is 2.29. The van der Waals surface area contributed by atoms with E-state index in [0.29, 0.717) is 26.4 Å². The number of hydrogen-bond acceptors (Lipinski definition) is 5. The number of amides is 1. The lowest BCUT2D eigenvalue weighted by atomic mass is 10.5. The van der Waals surface area contributed by atoms with Crippen molar-refractivity contribution in [2.24, 2.45) is 0 Å². The summed E-state index contributed by atoms with van der Waals surface area (Å²) in [6, 6.07) is 0.868. The topological polar surface area (TPSA) is 60.0 Å². The Morgan fingerprint density at radius 3 is 2.30 bits per heavy atom. The summed E-state index contributed by atoms with van der Waals surface area (Å²) in [5.41, 5.74) is 0. The summed E-state index contributed by atoms with van der Waals surface area (Å²) in [5, 5.41) is 2.74. The summed E-state index contributed by atoms with van der Waals surface area (Å²) in [7, 11) is 1.82. The van der Waals surface area contributed by atoms with E-state index in [9.17, 15) is 4.79 Å². The zero-order valence-corrected chi connectivity index (χ0v) is 14.5. The molecule has 0 spiro atoms. The van der Waals surface area contributed by atoms with Crippen molar-refractivity contribution >= 4 is 14.7 Å². The number of alkyl carbamates (subject to hydrolysis) is 1. The zero-order chi connectivity index (χ0) is 15.4. The van der Waals surface area contributed by atoms with E-state index in [1.165, 1.54) is 0 Å². The quantitative estimate of drug-likeness (QED) is 0.466. The van der Waals surface area contributed by atoms with Crippen LogP contribution in [-0.2, 0) is 13.6 Å². The van der Waals surface area contributed by atoms with E-state index in [0.717, 1.165) is 19.0 Å². The van der Waals surface area contributed by atoms with Crippen molar-refractivity contribution in [1.82, 2.24) is 10.2 Å². The van der Waals surface area contributed by atoms with Gasteiger partial charge in [0.1, 0.15) is 6.61 Å². The normalized spacial score (nSPS) is 11.7. The van der Waals surface area contributed by atoms with Gasteiger partial charge in [-0.3, -0.25) is 0 Å². The van der Waals surface area contributed by atoms with Gasteiger partial charge in [0.05, 0.1) is 0 Å². The van der Waals surface area contributed by atoms with E-state index < -0.39 is 8.56 Å². The highest BCUT2D eigenvalue weighted by Crippen LogP contribution is 2.15. The van der Waals surface area contributed by atoms with Crippen molar-refractivity contribution in [2.45, 2.75) is 32.9 Å². The van der Waals surface area contributed by atoms with Crippen LogP contribution in [0.25, 0.3) is 0 Å². The second kappa shape index (κ2) is 11.1. The summed E-state index contributed by atoms with van der Waals surface area (Å²) in [4.78, 5) is 13.4. The third-order valence-electron chi connectivity index (χ3n) is 2.75. The number of rotatable bonds is 11. The maximum atomic E-state index is 11.4. The van der Waals surface area contributed by atoms with Gasteiger partial charge in [-0.25, -0.2) is 4.79 Å². The Hall–Kier alpha value is -0.633. The molecule has 0 aromatic rings. The zero-order valence-electron chi connectivity index (χ0n) is 13.5. The van der Waals surface area contributed by atoms with Gasteiger partial charge in [-0.1, -0.05) is 0 Å². The van der Waals surface area contributed by atoms with E-state index in [4.69, 9.17) is 13.6 Å². The van der Waals surface area contributed by atoms with E-state index >= 15 is 0 Å². The third kappa shape index (κ3) is 10.2. The standard InChI is InChI=1S/C13H30N2O4Si/c1-6-18-20(5,19-7-2)12-8-9-14-13(16)17-11-10-15(3)4/h6-12H2,1-5H3,(H,14,16). The highest BCUT2D eigenvalue weighted by molar-refractivity contribution is 6.66. The van der Waals surface area contributed by atoms with Crippen LogP contribution in [0.15, 0.2) is 0 Å². The first-order valence-corrected chi connectivity index (χ1v) is 9.79. The molecule has 0 atom stereocenters. The summed E-state index contributed by atoms with van der Waals surface area (Å²) < 4.78 is 16.5.